The molecule has 0 radical (unpaired) electrons. The van der Waals surface area contributed by atoms with Crippen LogP contribution in [0.5, 0.6) is 0 Å². The zero-order valence-electron chi connectivity index (χ0n) is 24.0. The molecule has 0 fully saturated rings. The molecule has 0 saturated carbocycles. The summed E-state index contributed by atoms with van der Waals surface area (Å²) >= 11 is 0. The van der Waals surface area contributed by atoms with Gasteiger partial charge in [-0.2, -0.15) is 0 Å². The summed E-state index contributed by atoms with van der Waals surface area (Å²) in [7, 11) is 3.68. The molecule has 2 aromatic heterocycles. The number of nitrogens with zero attached hydrogens (tertiary/aromatic N) is 5. The zero-order valence-corrected chi connectivity index (χ0v) is 24.0. The predicted octanol–water partition coefficient (Wildman–Crippen LogP) is 2.73. The molecule has 40 heavy (non-hydrogen) atoms. The van der Waals surface area contributed by atoms with Gasteiger partial charge in [0.05, 0.1) is 18.4 Å². The molecule has 0 aliphatic heterocycles. The van der Waals surface area contributed by atoms with E-state index in [1.165, 1.54) is 4.57 Å². The van der Waals surface area contributed by atoms with Crippen molar-refractivity contribution in [1.82, 2.24) is 28.9 Å². The average Bonchev–Trinajstić information content (AvgIpc) is 3.31. The maximum atomic E-state index is 14.1. The van der Waals surface area contributed by atoms with Gasteiger partial charge in [0.15, 0.2) is 11.2 Å². The van der Waals surface area contributed by atoms with Crippen molar-refractivity contribution in [2.24, 2.45) is 0 Å². The van der Waals surface area contributed by atoms with Crippen molar-refractivity contribution in [3.05, 3.63) is 92.4 Å². The number of aliphatic hydroxyl groups is 1. The van der Waals surface area contributed by atoms with E-state index < -0.39 is 18.0 Å². The first-order valence-corrected chi connectivity index (χ1v) is 13.8. The van der Waals surface area contributed by atoms with Crippen LogP contribution >= 0.6 is 0 Å². The summed E-state index contributed by atoms with van der Waals surface area (Å²) in [6, 6.07) is 17.5. The van der Waals surface area contributed by atoms with Gasteiger partial charge < -0.3 is 15.4 Å². The standard InChI is InChI=1S/C30H41N7O3/c1-6-25(38)19-32-20(2)36-26(18-23-10-8-7-9-11-23)33-28-27(36)29(39)37(21(3)34(4)5)30(40)35(28)17-16-22-12-14-24(31)15-13-22/h7-15,20-21,25,32,38H,6,16-19,31H2,1-5H3. The SMILES string of the molecule is CCC(O)CNC(C)n1c(Cc2ccccc2)nc2c1c(=O)n(C(C)N(C)C)c(=O)n2CCc1ccc(N)cc1. The first-order valence-electron chi connectivity index (χ1n) is 13.8. The predicted molar refractivity (Wildman–Crippen MR) is 159 cm³/mol. The number of aromatic nitrogens is 4. The largest absolute Gasteiger partial charge is 0.399 e. The third-order valence-corrected chi connectivity index (χ3v) is 7.52. The second kappa shape index (κ2) is 12.6. The molecule has 0 saturated heterocycles. The Labute approximate surface area is 234 Å². The van der Waals surface area contributed by atoms with Crippen LogP contribution in [-0.4, -0.2) is 55.4 Å². The van der Waals surface area contributed by atoms with E-state index in [9.17, 15) is 14.7 Å². The summed E-state index contributed by atoms with van der Waals surface area (Å²) in [5, 5.41) is 13.6. The Hall–Kier alpha value is -3.73. The summed E-state index contributed by atoms with van der Waals surface area (Å²) < 4.78 is 4.82. The fraction of sp³-hybridized carbons (Fsp3) is 0.433. The lowest BCUT2D eigenvalue weighted by atomic mass is 10.1. The van der Waals surface area contributed by atoms with E-state index in [0.717, 1.165) is 11.1 Å². The van der Waals surface area contributed by atoms with Crippen molar-refractivity contribution in [2.45, 2.75) is 65.0 Å². The van der Waals surface area contributed by atoms with Crippen LogP contribution in [0.4, 0.5) is 5.69 Å². The molecule has 2 aromatic carbocycles. The number of anilines is 1. The number of benzene rings is 2. The van der Waals surface area contributed by atoms with Crippen molar-refractivity contribution in [1.29, 1.82) is 0 Å². The second-order valence-corrected chi connectivity index (χ2v) is 10.6. The second-order valence-electron chi connectivity index (χ2n) is 10.6. The molecule has 3 atom stereocenters. The summed E-state index contributed by atoms with van der Waals surface area (Å²) in [5.41, 5.74) is 8.55. The summed E-state index contributed by atoms with van der Waals surface area (Å²) in [4.78, 5) is 34.8. The molecule has 0 aliphatic rings. The monoisotopic (exact) mass is 547 g/mol. The molecule has 214 valence electrons. The van der Waals surface area contributed by atoms with E-state index in [1.54, 1.807) is 4.57 Å². The van der Waals surface area contributed by atoms with Crippen LogP contribution in [0.3, 0.4) is 0 Å². The van der Waals surface area contributed by atoms with Gasteiger partial charge >= 0.3 is 5.69 Å². The Bertz CT molecular complexity index is 1540. The average molecular weight is 548 g/mol. The zero-order chi connectivity index (χ0) is 29.0. The highest BCUT2D eigenvalue weighted by molar-refractivity contribution is 5.71. The Morgan fingerprint density at radius 1 is 1.00 bits per heavy atom. The number of hydrogen-bond acceptors (Lipinski definition) is 7. The number of aliphatic hydroxyl groups excluding tert-OH is 1. The van der Waals surface area contributed by atoms with E-state index in [4.69, 9.17) is 10.7 Å². The Morgan fingerprint density at radius 3 is 2.30 bits per heavy atom. The Balaban J connectivity index is 1.94. The minimum Gasteiger partial charge on any atom is -0.399 e. The maximum absolute atomic E-state index is 14.1. The van der Waals surface area contributed by atoms with Gasteiger partial charge in [-0.1, -0.05) is 49.4 Å². The molecule has 4 aromatic rings. The molecule has 3 unspecified atom stereocenters. The lowest BCUT2D eigenvalue weighted by molar-refractivity contribution is 0.159. The third kappa shape index (κ3) is 6.19. The number of nitrogen functional groups attached to an aromatic ring is 1. The minimum absolute atomic E-state index is 0.345. The normalized spacial score (nSPS) is 14.1. The van der Waals surface area contributed by atoms with Crippen LogP contribution in [0.1, 0.15) is 56.5 Å². The highest BCUT2D eigenvalue weighted by Crippen LogP contribution is 2.21. The van der Waals surface area contributed by atoms with Crippen LogP contribution in [-0.2, 0) is 19.4 Å². The topological polar surface area (TPSA) is 123 Å². The summed E-state index contributed by atoms with van der Waals surface area (Å²) in [6.45, 7) is 6.41. The minimum atomic E-state index is -0.515. The summed E-state index contributed by atoms with van der Waals surface area (Å²) in [5.74, 6) is 0.667. The molecule has 10 heteroatoms. The van der Waals surface area contributed by atoms with Gasteiger partial charge in [0.1, 0.15) is 5.82 Å². The molecule has 10 nitrogen and oxygen atoms in total. The van der Waals surface area contributed by atoms with Gasteiger partial charge in [-0.15, -0.1) is 0 Å². The van der Waals surface area contributed by atoms with E-state index in [0.29, 0.717) is 55.0 Å². The van der Waals surface area contributed by atoms with Gasteiger partial charge in [-0.05, 0) is 64.0 Å². The van der Waals surface area contributed by atoms with Crippen molar-refractivity contribution in [3.63, 3.8) is 0 Å². The first kappa shape index (κ1) is 29.3. The van der Waals surface area contributed by atoms with E-state index >= 15 is 0 Å². The molecule has 2 heterocycles. The highest BCUT2D eigenvalue weighted by atomic mass is 16.3. The van der Waals surface area contributed by atoms with Crippen molar-refractivity contribution in [3.8, 4) is 0 Å². The lowest BCUT2D eigenvalue weighted by Crippen LogP contribution is -2.46. The molecular weight excluding hydrogens is 506 g/mol. The number of hydrogen-bond donors (Lipinski definition) is 3. The molecule has 0 aliphatic carbocycles. The Kier molecular flexibility index (Phi) is 9.24. The first-order chi connectivity index (χ1) is 19.1. The Morgan fingerprint density at radius 2 is 1.68 bits per heavy atom. The molecule has 4 rings (SSSR count). The van der Waals surface area contributed by atoms with Gasteiger partial charge in [0.25, 0.3) is 5.56 Å². The number of aryl methyl sites for hydroxylation is 2. The quantitative estimate of drug-likeness (QED) is 0.233. The van der Waals surface area contributed by atoms with Crippen LogP contribution < -0.4 is 22.3 Å². The fourth-order valence-electron chi connectivity index (χ4n) is 4.82. The number of fused-ring (bicyclic) bond motifs is 1. The number of nitrogens with two attached hydrogens (primary N) is 1. The smallest absolute Gasteiger partial charge is 0.334 e. The molecule has 0 bridgehead atoms. The fourth-order valence-corrected chi connectivity index (χ4v) is 4.82. The molecule has 0 amide bonds. The van der Waals surface area contributed by atoms with Crippen LogP contribution in [0.25, 0.3) is 11.2 Å². The van der Waals surface area contributed by atoms with Gasteiger partial charge in [-0.25, -0.2) is 14.3 Å². The van der Waals surface area contributed by atoms with E-state index in [2.05, 4.69) is 5.32 Å². The summed E-state index contributed by atoms with van der Waals surface area (Å²) in [6.07, 6.45) is 0.313. The van der Waals surface area contributed by atoms with Gasteiger partial charge in [-0.3, -0.25) is 19.6 Å². The van der Waals surface area contributed by atoms with E-state index in [1.807, 2.05) is 98.9 Å². The van der Waals surface area contributed by atoms with E-state index in [-0.39, 0.29) is 11.7 Å². The number of nitrogens with one attached hydrogen (secondary N) is 1. The lowest BCUT2D eigenvalue weighted by Gasteiger charge is -2.24. The van der Waals surface area contributed by atoms with Crippen LogP contribution in [0.15, 0.2) is 64.2 Å². The molecular formula is C30H41N7O3. The third-order valence-electron chi connectivity index (χ3n) is 7.52. The maximum Gasteiger partial charge on any atom is 0.334 e. The molecule has 4 N–H and O–H groups in total. The van der Waals surface area contributed by atoms with Crippen LogP contribution in [0, 0.1) is 0 Å². The van der Waals surface area contributed by atoms with Gasteiger partial charge in [0, 0.05) is 25.2 Å². The number of imidazole rings is 1. The highest BCUT2D eigenvalue weighted by Gasteiger charge is 2.26. The number of rotatable bonds is 12. The van der Waals surface area contributed by atoms with Crippen molar-refractivity contribution < 1.29 is 5.11 Å². The molecule has 0 spiro atoms. The van der Waals surface area contributed by atoms with Crippen molar-refractivity contribution >= 4 is 16.9 Å². The van der Waals surface area contributed by atoms with Crippen molar-refractivity contribution in [2.75, 3.05) is 26.4 Å². The van der Waals surface area contributed by atoms with Gasteiger partial charge in [0.2, 0.25) is 0 Å². The van der Waals surface area contributed by atoms with Crippen LogP contribution in [0.2, 0.25) is 0 Å².